The van der Waals surface area contributed by atoms with E-state index in [0.717, 1.165) is 26.1 Å². The van der Waals surface area contributed by atoms with Gasteiger partial charge < -0.3 is 14.9 Å². The van der Waals surface area contributed by atoms with Gasteiger partial charge in [-0.1, -0.05) is 6.07 Å². The van der Waals surface area contributed by atoms with Crippen molar-refractivity contribution in [3.8, 4) is 16.2 Å². The molecule has 0 saturated carbocycles. The van der Waals surface area contributed by atoms with E-state index in [2.05, 4.69) is 0 Å². The Bertz CT molecular complexity index is 879. The standard InChI is InChI=1S/C15H13O4PS/c1-9-6-11(16)3-5-13(9)15-7-10-2-4-12(20(17,18)19)8-14(10)21-15/h2-8,16H,1H3,(H2,17,18,19). The number of aryl methyl sites for hydroxylation is 1. The molecule has 2 aromatic carbocycles. The van der Waals surface area contributed by atoms with Crippen LogP contribution in [0, 0.1) is 6.92 Å². The minimum Gasteiger partial charge on any atom is -0.508 e. The van der Waals surface area contributed by atoms with E-state index in [1.807, 2.05) is 19.1 Å². The first-order chi connectivity index (χ1) is 9.84. The number of fused-ring (bicyclic) bond motifs is 1. The second-order valence-corrected chi connectivity index (χ2v) is 7.56. The van der Waals surface area contributed by atoms with Crippen molar-refractivity contribution in [1.82, 2.24) is 0 Å². The third-order valence-corrected chi connectivity index (χ3v) is 5.40. The predicted octanol–water partition coefficient (Wildman–Crippen LogP) is 3.39. The van der Waals surface area contributed by atoms with Gasteiger partial charge in [0.25, 0.3) is 0 Å². The summed E-state index contributed by atoms with van der Waals surface area (Å²) in [6, 6.07) is 11.9. The Labute approximate surface area is 125 Å². The lowest BCUT2D eigenvalue weighted by atomic mass is 10.1. The fraction of sp³-hybridized carbons (Fsp3) is 0.0667. The maximum absolute atomic E-state index is 11.3. The Balaban J connectivity index is 2.15. The Hall–Kier alpha value is -1.65. The molecule has 3 aromatic rings. The number of phenolic OH excluding ortho intramolecular Hbond substituents is 1. The van der Waals surface area contributed by atoms with Gasteiger partial charge in [0.1, 0.15) is 5.75 Å². The minimum absolute atomic E-state index is 0.0332. The molecule has 0 radical (unpaired) electrons. The van der Waals surface area contributed by atoms with Gasteiger partial charge in [-0.25, -0.2) is 0 Å². The lowest BCUT2D eigenvalue weighted by molar-refractivity contribution is 0.387. The molecule has 0 aliphatic rings. The fourth-order valence-electron chi connectivity index (χ4n) is 2.26. The molecule has 4 nitrogen and oxygen atoms in total. The van der Waals surface area contributed by atoms with Crippen molar-refractivity contribution in [2.45, 2.75) is 6.92 Å². The molecule has 0 saturated heterocycles. The summed E-state index contributed by atoms with van der Waals surface area (Å²) in [7, 11) is -4.23. The number of hydrogen-bond acceptors (Lipinski definition) is 3. The summed E-state index contributed by atoms with van der Waals surface area (Å²) in [6.45, 7) is 1.92. The van der Waals surface area contributed by atoms with Gasteiger partial charge in [-0.05, 0) is 59.8 Å². The predicted molar refractivity (Wildman–Crippen MR) is 85.3 cm³/mol. The van der Waals surface area contributed by atoms with E-state index in [1.165, 1.54) is 17.4 Å². The Kier molecular flexibility index (Phi) is 3.38. The van der Waals surface area contributed by atoms with Gasteiger partial charge in [0.05, 0.1) is 5.30 Å². The monoisotopic (exact) mass is 320 g/mol. The van der Waals surface area contributed by atoms with Crippen molar-refractivity contribution in [3.05, 3.63) is 48.0 Å². The zero-order chi connectivity index (χ0) is 15.2. The summed E-state index contributed by atoms with van der Waals surface area (Å²) in [6.07, 6.45) is 0. The molecule has 108 valence electrons. The molecule has 0 aliphatic carbocycles. The van der Waals surface area contributed by atoms with Crippen LogP contribution in [-0.4, -0.2) is 14.9 Å². The molecule has 0 fully saturated rings. The lowest BCUT2D eigenvalue weighted by Gasteiger charge is -2.03. The molecule has 6 heteroatoms. The molecule has 0 aliphatic heterocycles. The third kappa shape index (κ3) is 2.74. The number of hydrogen-bond donors (Lipinski definition) is 3. The first-order valence-corrected chi connectivity index (χ1v) is 8.67. The van der Waals surface area contributed by atoms with E-state index in [0.29, 0.717) is 0 Å². The van der Waals surface area contributed by atoms with Crippen LogP contribution in [0.25, 0.3) is 20.5 Å². The van der Waals surface area contributed by atoms with Crippen LogP contribution in [0.2, 0.25) is 0 Å². The maximum Gasteiger partial charge on any atom is 0.356 e. The van der Waals surface area contributed by atoms with Crippen LogP contribution in [0.4, 0.5) is 0 Å². The van der Waals surface area contributed by atoms with Crippen LogP contribution in [0.3, 0.4) is 0 Å². The highest BCUT2D eigenvalue weighted by Gasteiger charge is 2.18. The first kappa shape index (κ1) is 14.3. The molecule has 0 spiro atoms. The minimum atomic E-state index is -4.23. The van der Waals surface area contributed by atoms with E-state index in [9.17, 15) is 19.5 Å². The zero-order valence-electron chi connectivity index (χ0n) is 11.1. The van der Waals surface area contributed by atoms with Crippen molar-refractivity contribution in [2.75, 3.05) is 0 Å². The Morgan fingerprint density at radius 2 is 1.81 bits per heavy atom. The number of rotatable bonds is 2. The second kappa shape index (κ2) is 4.97. The highest BCUT2D eigenvalue weighted by atomic mass is 32.1. The average Bonchev–Trinajstić information content (AvgIpc) is 2.79. The van der Waals surface area contributed by atoms with Crippen LogP contribution in [0.1, 0.15) is 5.56 Å². The SMILES string of the molecule is Cc1cc(O)ccc1-c1cc2ccc(P(=O)(O)O)cc2s1. The van der Waals surface area contributed by atoms with Crippen LogP contribution < -0.4 is 5.30 Å². The fourth-order valence-corrected chi connectivity index (χ4v) is 4.10. The van der Waals surface area contributed by atoms with Gasteiger partial charge in [0, 0.05) is 9.58 Å². The molecule has 1 heterocycles. The molecule has 1 aromatic heterocycles. The van der Waals surface area contributed by atoms with Crippen LogP contribution in [-0.2, 0) is 4.57 Å². The van der Waals surface area contributed by atoms with Gasteiger partial charge in [-0.15, -0.1) is 11.3 Å². The van der Waals surface area contributed by atoms with Gasteiger partial charge in [-0.2, -0.15) is 0 Å². The van der Waals surface area contributed by atoms with Gasteiger partial charge >= 0.3 is 7.60 Å². The van der Waals surface area contributed by atoms with E-state index in [4.69, 9.17) is 0 Å². The molecule has 0 atom stereocenters. The van der Waals surface area contributed by atoms with Gasteiger partial charge in [-0.3, -0.25) is 4.57 Å². The van der Waals surface area contributed by atoms with Crippen LogP contribution in [0.5, 0.6) is 5.75 Å². The van der Waals surface area contributed by atoms with Crippen LogP contribution in [0.15, 0.2) is 42.5 Å². The third-order valence-electron chi connectivity index (χ3n) is 3.32. The summed E-state index contributed by atoms with van der Waals surface area (Å²) >= 11 is 1.48. The molecule has 0 amide bonds. The number of phenols is 1. The van der Waals surface area contributed by atoms with E-state index in [1.54, 1.807) is 24.3 Å². The smallest absolute Gasteiger partial charge is 0.356 e. The first-order valence-electron chi connectivity index (χ1n) is 6.24. The maximum atomic E-state index is 11.3. The summed E-state index contributed by atoms with van der Waals surface area (Å²) < 4.78 is 12.1. The van der Waals surface area contributed by atoms with Crippen molar-refractivity contribution in [1.29, 1.82) is 0 Å². The zero-order valence-corrected chi connectivity index (χ0v) is 12.9. The molecule has 3 rings (SSSR count). The summed E-state index contributed by atoms with van der Waals surface area (Å²) in [4.78, 5) is 19.5. The topological polar surface area (TPSA) is 77.8 Å². The molecular formula is C15H13O4PS. The molecular weight excluding hydrogens is 307 g/mol. The second-order valence-electron chi connectivity index (χ2n) is 4.88. The largest absolute Gasteiger partial charge is 0.508 e. The number of aromatic hydroxyl groups is 1. The van der Waals surface area contributed by atoms with Gasteiger partial charge in [0.2, 0.25) is 0 Å². The number of thiophene rings is 1. The van der Waals surface area contributed by atoms with Crippen molar-refractivity contribution in [3.63, 3.8) is 0 Å². The van der Waals surface area contributed by atoms with E-state index < -0.39 is 7.60 Å². The molecule has 0 unspecified atom stereocenters. The quantitative estimate of drug-likeness (QED) is 0.633. The normalized spacial score (nSPS) is 12.0. The Morgan fingerprint density at radius 1 is 1.05 bits per heavy atom. The highest BCUT2D eigenvalue weighted by Crippen LogP contribution is 2.39. The highest BCUT2D eigenvalue weighted by molar-refractivity contribution is 7.60. The summed E-state index contributed by atoms with van der Waals surface area (Å²) in [5.74, 6) is 0.223. The molecule has 0 bridgehead atoms. The van der Waals surface area contributed by atoms with Crippen molar-refractivity contribution < 1.29 is 19.5 Å². The van der Waals surface area contributed by atoms with E-state index in [-0.39, 0.29) is 11.1 Å². The summed E-state index contributed by atoms with van der Waals surface area (Å²) in [5, 5.41) is 10.4. The van der Waals surface area contributed by atoms with Crippen LogP contribution >= 0.6 is 18.9 Å². The van der Waals surface area contributed by atoms with Crippen molar-refractivity contribution >= 4 is 34.3 Å². The molecule has 21 heavy (non-hydrogen) atoms. The number of benzene rings is 2. The summed E-state index contributed by atoms with van der Waals surface area (Å²) in [5.41, 5.74) is 1.96. The average molecular weight is 320 g/mol. The Morgan fingerprint density at radius 3 is 2.48 bits per heavy atom. The van der Waals surface area contributed by atoms with E-state index >= 15 is 0 Å². The lowest BCUT2D eigenvalue weighted by Crippen LogP contribution is -2.01. The van der Waals surface area contributed by atoms with Gasteiger partial charge in [0.15, 0.2) is 0 Å². The molecule has 3 N–H and O–H groups in total. The van der Waals surface area contributed by atoms with Crippen molar-refractivity contribution in [2.24, 2.45) is 0 Å².